The molecule has 0 radical (unpaired) electrons. The number of allylic oxidation sites excluding steroid dienone is 2. The monoisotopic (exact) mass is 267 g/mol. The lowest BCUT2D eigenvalue weighted by Crippen LogP contribution is -2.46. The maximum Gasteiger partial charge on any atom is 0.307 e. The molecule has 0 saturated carbocycles. The number of carboxylic acid groups (broad SMARTS) is 1. The van der Waals surface area contributed by atoms with Crippen molar-refractivity contribution in [1.82, 2.24) is 4.90 Å². The Morgan fingerprint density at radius 3 is 2.26 bits per heavy atom. The smallest absolute Gasteiger partial charge is 0.307 e. The molecular formula is C14H21NO4. The molecule has 2 aliphatic rings. The number of carbonyl (C=O) groups is 2. The van der Waals surface area contributed by atoms with Crippen LogP contribution in [-0.2, 0) is 14.3 Å². The molecule has 0 spiro atoms. The van der Waals surface area contributed by atoms with Gasteiger partial charge in [-0.3, -0.25) is 9.59 Å². The van der Waals surface area contributed by atoms with Gasteiger partial charge in [0, 0.05) is 20.2 Å². The summed E-state index contributed by atoms with van der Waals surface area (Å²) in [6.07, 6.45) is 6.68. The summed E-state index contributed by atoms with van der Waals surface area (Å²) >= 11 is 0. The number of rotatable bonds is 3. The summed E-state index contributed by atoms with van der Waals surface area (Å²) in [7, 11) is 1.69. The number of amides is 1. The van der Waals surface area contributed by atoms with Gasteiger partial charge in [0.15, 0.2) is 0 Å². The van der Waals surface area contributed by atoms with Crippen molar-refractivity contribution in [1.29, 1.82) is 0 Å². The molecule has 0 bridgehead atoms. The van der Waals surface area contributed by atoms with Crippen LogP contribution in [0.1, 0.15) is 25.7 Å². The van der Waals surface area contributed by atoms with Crippen molar-refractivity contribution < 1.29 is 19.4 Å². The van der Waals surface area contributed by atoms with Crippen LogP contribution in [0.15, 0.2) is 12.2 Å². The third-order valence-corrected chi connectivity index (χ3v) is 4.15. The van der Waals surface area contributed by atoms with Crippen LogP contribution in [0, 0.1) is 11.8 Å². The Labute approximate surface area is 113 Å². The van der Waals surface area contributed by atoms with Crippen molar-refractivity contribution in [2.45, 2.75) is 31.8 Å². The van der Waals surface area contributed by atoms with Gasteiger partial charge in [0.1, 0.15) is 0 Å². The standard InChI is InChI=1S/C14H21NO4/c1-19-10-6-8-15(9-7-10)13(16)11-4-2-3-5-12(11)14(17)18/h2-3,10-12H,4-9H2,1H3,(H,17,18). The van der Waals surface area contributed by atoms with Crippen LogP contribution < -0.4 is 0 Å². The summed E-state index contributed by atoms with van der Waals surface area (Å²) in [5.74, 6) is -1.85. The van der Waals surface area contributed by atoms with Crippen molar-refractivity contribution in [3.63, 3.8) is 0 Å². The Kier molecular flexibility index (Phi) is 4.58. The normalized spacial score (nSPS) is 28.4. The average Bonchev–Trinajstić information content (AvgIpc) is 2.46. The van der Waals surface area contributed by atoms with E-state index in [1.165, 1.54) is 0 Å². The van der Waals surface area contributed by atoms with Gasteiger partial charge in [-0.1, -0.05) is 12.2 Å². The number of carboxylic acids is 1. The second-order valence-electron chi connectivity index (χ2n) is 5.25. The first-order chi connectivity index (χ1) is 9.13. The summed E-state index contributed by atoms with van der Waals surface area (Å²) in [5, 5.41) is 9.21. The molecule has 5 nitrogen and oxygen atoms in total. The van der Waals surface area contributed by atoms with E-state index in [0.29, 0.717) is 25.9 Å². The number of hydrogen-bond donors (Lipinski definition) is 1. The lowest BCUT2D eigenvalue weighted by Gasteiger charge is -2.35. The summed E-state index contributed by atoms with van der Waals surface area (Å²) in [6, 6.07) is 0. The highest BCUT2D eigenvalue weighted by Crippen LogP contribution is 2.28. The third-order valence-electron chi connectivity index (χ3n) is 4.15. The zero-order valence-electron chi connectivity index (χ0n) is 11.2. The Morgan fingerprint density at radius 1 is 1.16 bits per heavy atom. The molecule has 1 amide bonds. The first-order valence-corrected chi connectivity index (χ1v) is 6.83. The molecular weight excluding hydrogens is 246 g/mol. The van der Waals surface area contributed by atoms with Crippen LogP contribution in [0.5, 0.6) is 0 Å². The second-order valence-corrected chi connectivity index (χ2v) is 5.25. The number of methoxy groups -OCH3 is 1. The Balaban J connectivity index is 1.98. The molecule has 0 aromatic rings. The molecule has 1 aliphatic heterocycles. The lowest BCUT2D eigenvalue weighted by molar-refractivity contribution is -0.151. The van der Waals surface area contributed by atoms with Gasteiger partial charge in [0.05, 0.1) is 17.9 Å². The quantitative estimate of drug-likeness (QED) is 0.782. The Morgan fingerprint density at radius 2 is 1.74 bits per heavy atom. The van der Waals surface area contributed by atoms with E-state index in [1.54, 1.807) is 12.0 Å². The SMILES string of the molecule is COC1CCN(C(=O)C2CC=CCC2C(=O)O)CC1. The number of nitrogens with zero attached hydrogens (tertiary/aromatic N) is 1. The molecule has 2 atom stereocenters. The number of piperidine rings is 1. The van der Waals surface area contributed by atoms with E-state index in [9.17, 15) is 14.7 Å². The van der Waals surface area contributed by atoms with Crippen LogP contribution in [0.3, 0.4) is 0 Å². The fraction of sp³-hybridized carbons (Fsp3) is 0.714. The van der Waals surface area contributed by atoms with Crippen LogP contribution in [0.4, 0.5) is 0 Å². The van der Waals surface area contributed by atoms with Gasteiger partial charge < -0.3 is 14.7 Å². The summed E-state index contributed by atoms with van der Waals surface area (Å²) in [5.41, 5.74) is 0. The maximum atomic E-state index is 12.5. The molecule has 1 aliphatic carbocycles. The third kappa shape index (κ3) is 3.15. The fourth-order valence-corrected chi connectivity index (χ4v) is 2.91. The van der Waals surface area contributed by atoms with Crippen molar-refractivity contribution >= 4 is 11.9 Å². The van der Waals surface area contributed by atoms with Gasteiger partial charge in [-0.25, -0.2) is 0 Å². The topological polar surface area (TPSA) is 66.8 Å². The summed E-state index contributed by atoms with van der Waals surface area (Å²) in [6.45, 7) is 1.34. The van der Waals surface area contributed by atoms with Gasteiger partial charge in [-0.15, -0.1) is 0 Å². The van der Waals surface area contributed by atoms with E-state index in [0.717, 1.165) is 12.8 Å². The molecule has 2 unspecified atom stereocenters. The van der Waals surface area contributed by atoms with Crippen molar-refractivity contribution in [3.05, 3.63) is 12.2 Å². The second kappa shape index (κ2) is 6.19. The zero-order valence-corrected chi connectivity index (χ0v) is 11.2. The number of hydrogen-bond acceptors (Lipinski definition) is 3. The van der Waals surface area contributed by atoms with E-state index in [2.05, 4.69) is 0 Å². The van der Waals surface area contributed by atoms with E-state index >= 15 is 0 Å². The highest BCUT2D eigenvalue weighted by Gasteiger charge is 2.37. The molecule has 1 saturated heterocycles. The van der Waals surface area contributed by atoms with Crippen molar-refractivity contribution in [2.75, 3.05) is 20.2 Å². The van der Waals surface area contributed by atoms with Crippen LogP contribution in [0.2, 0.25) is 0 Å². The number of carbonyl (C=O) groups excluding carboxylic acids is 1. The Hall–Kier alpha value is -1.36. The van der Waals surface area contributed by atoms with Crippen LogP contribution >= 0.6 is 0 Å². The lowest BCUT2D eigenvalue weighted by atomic mass is 9.82. The maximum absolute atomic E-state index is 12.5. The minimum Gasteiger partial charge on any atom is -0.481 e. The number of ether oxygens (including phenoxy) is 1. The average molecular weight is 267 g/mol. The molecule has 0 aromatic carbocycles. The predicted octanol–water partition coefficient (Wildman–Crippen LogP) is 1.29. The van der Waals surface area contributed by atoms with E-state index in [-0.39, 0.29) is 12.0 Å². The van der Waals surface area contributed by atoms with Gasteiger partial charge >= 0.3 is 5.97 Å². The van der Waals surface area contributed by atoms with Gasteiger partial charge in [0.2, 0.25) is 5.91 Å². The first kappa shape index (κ1) is 14.1. The highest BCUT2D eigenvalue weighted by molar-refractivity contribution is 5.85. The molecule has 5 heteroatoms. The van der Waals surface area contributed by atoms with Gasteiger partial charge in [-0.2, -0.15) is 0 Å². The molecule has 1 fully saturated rings. The van der Waals surface area contributed by atoms with Crippen LogP contribution in [0.25, 0.3) is 0 Å². The molecule has 1 N–H and O–H groups in total. The molecule has 2 rings (SSSR count). The molecule has 1 heterocycles. The fourth-order valence-electron chi connectivity index (χ4n) is 2.91. The largest absolute Gasteiger partial charge is 0.481 e. The molecule has 0 aromatic heterocycles. The van der Waals surface area contributed by atoms with Crippen molar-refractivity contribution in [2.24, 2.45) is 11.8 Å². The highest BCUT2D eigenvalue weighted by atomic mass is 16.5. The minimum absolute atomic E-state index is 0.00805. The van der Waals surface area contributed by atoms with Crippen molar-refractivity contribution in [3.8, 4) is 0 Å². The van der Waals surface area contributed by atoms with Gasteiger partial charge in [-0.05, 0) is 25.7 Å². The Bertz CT molecular complexity index is 372. The van der Waals surface area contributed by atoms with Gasteiger partial charge in [0.25, 0.3) is 0 Å². The summed E-state index contributed by atoms with van der Waals surface area (Å²) < 4.78 is 5.28. The molecule has 106 valence electrons. The van der Waals surface area contributed by atoms with E-state index in [4.69, 9.17) is 4.74 Å². The first-order valence-electron chi connectivity index (χ1n) is 6.83. The number of likely N-dealkylation sites (tertiary alicyclic amines) is 1. The van der Waals surface area contributed by atoms with Crippen LogP contribution in [-0.4, -0.2) is 48.2 Å². The van der Waals surface area contributed by atoms with E-state index < -0.39 is 17.8 Å². The zero-order chi connectivity index (χ0) is 13.8. The molecule has 19 heavy (non-hydrogen) atoms. The summed E-state index contributed by atoms with van der Waals surface area (Å²) in [4.78, 5) is 25.5. The number of aliphatic carboxylic acids is 1. The predicted molar refractivity (Wildman–Crippen MR) is 69.6 cm³/mol. The van der Waals surface area contributed by atoms with E-state index in [1.807, 2.05) is 12.2 Å². The minimum atomic E-state index is -0.866.